The Morgan fingerprint density at radius 2 is 1.83 bits per heavy atom. The van der Waals surface area contributed by atoms with Crippen LogP contribution in [0.1, 0.15) is 17.0 Å². The van der Waals surface area contributed by atoms with Crippen molar-refractivity contribution in [3.63, 3.8) is 0 Å². The molecule has 0 fully saturated rings. The molecule has 0 aliphatic carbocycles. The summed E-state index contributed by atoms with van der Waals surface area (Å²) in [4.78, 5) is 23.9. The zero-order valence-corrected chi connectivity index (χ0v) is 17.8. The van der Waals surface area contributed by atoms with Crippen LogP contribution >= 0.6 is 0 Å². The highest BCUT2D eigenvalue weighted by Gasteiger charge is 2.17. The van der Waals surface area contributed by atoms with Crippen LogP contribution in [0.15, 0.2) is 35.2 Å². The quantitative estimate of drug-likeness (QED) is 0.537. The molecule has 0 atom stereocenters. The van der Waals surface area contributed by atoms with Gasteiger partial charge in [-0.2, -0.15) is 5.10 Å². The summed E-state index contributed by atoms with van der Waals surface area (Å²) in [5.41, 5.74) is 2.90. The van der Waals surface area contributed by atoms with Gasteiger partial charge < -0.3 is 10.1 Å². The summed E-state index contributed by atoms with van der Waals surface area (Å²) in [7, 11) is 1.14. The minimum absolute atomic E-state index is 0.109. The maximum absolute atomic E-state index is 12.0. The number of nitrogens with one attached hydrogen (secondary N) is 1. The van der Waals surface area contributed by atoms with Crippen LogP contribution in [0.25, 0.3) is 6.08 Å². The molecular formula is C19H24N4O5S. The first-order valence-electron chi connectivity index (χ1n) is 8.70. The zero-order chi connectivity index (χ0) is 21.8. The predicted molar refractivity (Wildman–Crippen MR) is 109 cm³/mol. The summed E-state index contributed by atoms with van der Waals surface area (Å²) in [6.07, 6.45) is 2.84. The van der Waals surface area contributed by atoms with Gasteiger partial charge in [-0.15, -0.1) is 0 Å². The van der Waals surface area contributed by atoms with Crippen molar-refractivity contribution in [1.82, 2.24) is 14.1 Å². The highest BCUT2D eigenvalue weighted by molar-refractivity contribution is 7.89. The number of benzene rings is 1. The number of carbonyl (C=O) groups is 2. The minimum Gasteiger partial charge on any atom is -0.452 e. The minimum atomic E-state index is -3.54. The van der Waals surface area contributed by atoms with Crippen molar-refractivity contribution < 1.29 is 22.7 Å². The van der Waals surface area contributed by atoms with E-state index in [4.69, 9.17) is 4.74 Å². The van der Waals surface area contributed by atoms with Gasteiger partial charge >= 0.3 is 5.97 Å². The first-order valence-corrected chi connectivity index (χ1v) is 10.1. The van der Waals surface area contributed by atoms with Crippen molar-refractivity contribution in [2.75, 3.05) is 26.0 Å². The van der Waals surface area contributed by atoms with E-state index in [0.29, 0.717) is 5.69 Å². The number of nitrogens with zero attached hydrogens (tertiary/aromatic N) is 3. The summed E-state index contributed by atoms with van der Waals surface area (Å²) in [6, 6.07) is 5.70. The smallest absolute Gasteiger partial charge is 0.331 e. The van der Waals surface area contributed by atoms with Crippen LogP contribution in [-0.2, 0) is 31.4 Å². The molecule has 0 spiro atoms. The molecular weight excluding hydrogens is 396 g/mol. The number of anilines is 1. The van der Waals surface area contributed by atoms with E-state index >= 15 is 0 Å². The summed E-state index contributed by atoms with van der Waals surface area (Å²) in [6.45, 7) is 3.25. The fraction of sp³-hybridized carbons (Fsp3) is 0.316. The Bertz CT molecular complexity index is 1040. The van der Waals surface area contributed by atoms with Crippen molar-refractivity contribution >= 4 is 33.7 Å². The van der Waals surface area contributed by atoms with Crippen LogP contribution in [-0.4, -0.2) is 55.1 Å². The topological polar surface area (TPSA) is 111 Å². The summed E-state index contributed by atoms with van der Waals surface area (Å²) in [5.74, 6) is -1.20. The Balaban J connectivity index is 1.89. The summed E-state index contributed by atoms with van der Waals surface area (Å²) < 4.78 is 31.8. The number of ether oxygens (including phenoxy) is 1. The molecule has 156 valence electrons. The number of hydrogen-bond donors (Lipinski definition) is 1. The second kappa shape index (κ2) is 9.01. The number of hydrogen-bond acceptors (Lipinski definition) is 6. The molecule has 2 aromatic rings. The molecule has 1 N–H and O–H groups in total. The van der Waals surface area contributed by atoms with Gasteiger partial charge in [-0.25, -0.2) is 17.5 Å². The van der Waals surface area contributed by atoms with Gasteiger partial charge in [-0.05, 0) is 44.2 Å². The lowest BCUT2D eigenvalue weighted by Gasteiger charge is -2.12. The van der Waals surface area contributed by atoms with E-state index in [2.05, 4.69) is 10.4 Å². The van der Waals surface area contributed by atoms with Crippen LogP contribution in [0.4, 0.5) is 5.69 Å². The van der Waals surface area contributed by atoms with Gasteiger partial charge in [0.1, 0.15) is 0 Å². The molecule has 1 aromatic carbocycles. The van der Waals surface area contributed by atoms with Crippen LogP contribution < -0.4 is 5.32 Å². The third-order valence-electron chi connectivity index (χ3n) is 4.21. The number of aryl methyl sites for hydroxylation is 2. The third-order valence-corrected chi connectivity index (χ3v) is 6.04. The maximum Gasteiger partial charge on any atom is 0.331 e. The van der Waals surface area contributed by atoms with Crippen molar-refractivity contribution in [3.05, 3.63) is 47.3 Å². The van der Waals surface area contributed by atoms with Gasteiger partial charge in [0.25, 0.3) is 5.91 Å². The molecule has 29 heavy (non-hydrogen) atoms. The molecule has 0 bridgehead atoms. The highest BCUT2D eigenvalue weighted by atomic mass is 32.2. The SMILES string of the molecule is Cc1nn(C)c(C)c1/C=C/C(=O)OCC(=O)Nc1ccc(S(=O)(=O)N(C)C)cc1. The lowest BCUT2D eigenvalue weighted by atomic mass is 10.2. The van der Waals surface area contributed by atoms with E-state index in [0.717, 1.165) is 21.3 Å². The average molecular weight is 420 g/mol. The number of carbonyl (C=O) groups excluding carboxylic acids is 2. The standard InChI is InChI=1S/C19H24N4O5S/c1-13-17(14(2)23(5)21-13)10-11-19(25)28-12-18(24)20-15-6-8-16(9-7-15)29(26,27)22(3)4/h6-11H,12H2,1-5H3,(H,20,24)/b11-10+. The molecule has 1 heterocycles. The van der Waals surface area contributed by atoms with Gasteiger partial charge in [0, 0.05) is 44.2 Å². The molecule has 10 heteroatoms. The van der Waals surface area contributed by atoms with Gasteiger partial charge in [0.05, 0.1) is 10.6 Å². The van der Waals surface area contributed by atoms with Crippen LogP contribution in [0.2, 0.25) is 0 Å². The van der Waals surface area contributed by atoms with E-state index < -0.39 is 28.5 Å². The van der Waals surface area contributed by atoms with Gasteiger partial charge in [-0.1, -0.05) is 0 Å². The fourth-order valence-electron chi connectivity index (χ4n) is 2.49. The monoisotopic (exact) mass is 420 g/mol. The Kier molecular flexibility index (Phi) is 6.93. The maximum atomic E-state index is 12.0. The van der Waals surface area contributed by atoms with Crippen LogP contribution in [0.3, 0.4) is 0 Å². The summed E-state index contributed by atoms with van der Waals surface area (Å²) in [5, 5.41) is 6.79. The number of esters is 1. The molecule has 9 nitrogen and oxygen atoms in total. The molecule has 1 aromatic heterocycles. The fourth-order valence-corrected chi connectivity index (χ4v) is 3.39. The van der Waals surface area contributed by atoms with Gasteiger partial charge in [0.15, 0.2) is 6.61 Å². The number of amides is 1. The van der Waals surface area contributed by atoms with E-state index in [9.17, 15) is 18.0 Å². The Labute approximate surface area is 170 Å². The molecule has 0 aliphatic heterocycles. The van der Waals surface area contributed by atoms with E-state index in [-0.39, 0.29) is 4.90 Å². The van der Waals surface area contributed by atoms with Crippen molar-refractivity contribution in [3.8, 4) is 0 Å². The first-order chi connectivity index (χ1) is 13.5. The normalized spacial score (nSPS) is 11.8. The van der Waals surface area contributed by atoms with E-state index in [1.165, 1.54) is 44.4 Å². The lowest BCUT2D eigenvalue weighted by Crippen LogP contribution is -2.22. The van der Waals surface area contributed by atoms with Gasteiger partial charge in [0.2, 0.25) is 10.0 Å². The second-order valence-electron chi connectivity index (χ2n) is 6.51. The molecule has 0 saturated carbocycles. The number of rotatable bonds is 7. The van der Waals surface area contributed by atoms with Crippen molar-refractivity contribution in [2.24, 2.45) is 7.05 Å². The van der Waals surface area contributed by atoms with Gasteiger partial charge in [-0.3, -0.25) is 9.48 Å². The number of aromatic nitrogens is 2. The largest absolute Gasteiger partial charge is 0.452 e. The average Bonchev–Trinajstić information content (AvgIpc) is 2.90. The zero-order valence-electron chi connectivity index (χ0n) is 17.0. The van der Waals surface area contributed by atoms with Crippen molar-refractivity contribution in [2.45, 2.75) is 18.7 Å². The molecule has 0 saturated heterocycles. The molecule has 1 amide bonds. The molecule has 0 unspecified atom stereocenters. The molecule has 0 radical (unpaired) electrons. The Morgan fingerprint density at radius 1 is 1.21 bits per heavy atom. The van der Waals surface area contributed by atoms with Crippen molar-refractivity contribution in [1.29, 1.82) is 0 Å². The molecule has 0 aliphatic rings. The third kappa shape index (κ3) is 5.52. The second-order valence-corrected chi connectivity index (χ2v) is 8.66. The Hall–Kier alpha value is -2.98. The highest BCUT2D eigenvalue weighted by Crippen LogP contribution is 2.16. The summed E-state index contributed by atoms with van der Waals surface area (Å²) >= 11 is 0. The Morgan fingerprint density at radius 3 is 2.34 bits per heavy atom. The van der Waals surface area contributed by atoms with Crippen LogP contribution in [0, 0.1) is 13.8 Å². The molecule has 2 rings (SSSR count). The van der Waals surface area contributed by atoms with E-state index in [1.54, 1.807) is 10.8 Å². The van der Waals surface area contributed by atoms with Crippen LogP contribution in [0.5, 0.6) is 0 Å². The predicted octanol–water partition coefficient (Wildman–Crippen LogP) is 1.48. The lowest BCUT2D eigenvalue weighted by molar-refractivity contribution is -0.142. The first kappa shape index (κ1) is 22.3. The number of sulfonamides is 1. The van der Waals surface area contributed by atoms with E-state index in [1.807, 2.05) is 20.9 Å².